The van der Waals surface area contributed by atoms with E-state index >= 15 is 0 Å². The molecule has 1 aromatic carbocycles. The first-order valence-electron chi connectivity index (χ1n) is 6.70. The van der Waals surface area contributed by atoms with Crippen molar-refractivity contribution in [2.45, 2.75) is 25.3 Å². The van der Waals surface area contributed by atoms with E-state index in [1.807, 2.05) is 18.2 Å². The van der Waals surface area contributed by atoms with E-state index in [9.17, 15) is 0 Å². The van der Waals surface area contributed by atoms with Crippen molar-refractivity contribution in [1.82, 2.24) is 20.2 Å². The molecule has 1 aliphatic heterocycles. The van der Waals surface area contributed by atoms with E-state index in [-0.39, 0.29) is 0 Å². The predicted molar refractivity (Wildman–Crippen MR) is 76.2 cm³/mol. The zero-order valence-corrected chi connectivity index (χ0v) is 11.8. The zero-order valence-electron chi connectivity index (χ0n) is 11.0. The molecule has 0 amide bonds. The van der Waals surface area contributed by atoms with E-state index in [0.29, 0.717) is 11.1 Å². The minimum atomic E-state index is 0.388. The Hall–Kier alpha value is -1.66. The van der Waals surface area contributed by atoms with Gasteiger partial charge in [-0.3, -0.25) is 0 Å². The quantitative estimate of drug-likeness (QED) is 0.940. The summed E-state index contributed by atoms with van der Waals surface area (Å²) in [5.41, 5.74) is 1.79. The fourth-order valence-electron chi connectivity index (χ4n) is 2.31. The molecule has 1 aliphatic rings. The summed E-state index contributed by atoms with van der Waals surface area (Å²) < 4.78 is 7.08. The van der Waals surface area contributed by atoms with Crippen LogP contribution in [0.15, 0.2) is 24.5 Å². The molecule has 1 unspecified atom stereocenters. The molecule has 1 saturated heterocycles. The van der Waals surface area contributed by atoms with E-state index in [2.05, 4.69) is 20.8 Å². The molecule has 20 heavy (non-hydrogen) atoms. The predicted octanol–water partition coefficient (Wildman–Crippen LogP) is 2.30. The van der Waals surface area contributed by atoms with Gasteiger partial charge in [-0.05, 0) is 47.9 Å². The average Bonchev–Trinajstić information content (AvgIpc) is 2.87. The molecule has 2 aromatic rings. The van der Waals surface area contributed by atoms with Gasteiger partial charge in [-0.2, -0.15) is 0 Å². The van der Waals surface area contributed by atoms with Crippen molar-refractivity contribution in [2.75, 3.05) is 18.5 Å². The van der Waals surface area contributed by atoms with Crippen LogP contribution in [0.25, 0.3) is 5.69 Å². The van der Waals surface area contributed by atoms with Gasteiger partial charge in [0, 0.05) is 19.3 Å². The highest BCUT2D eigenvalue weighted by Gasteiger charge is 2.14. The number of ether oxygens (including phenoxy) is 1. The highest BCUT2D eigenvalue weighted by atomic mass is 35.5. The molecule has 3 rings (SSSR count). The first kappa shape index (κ1) is 13.3. The molecule has 1 aromatic heterocycles. The molecular weight excluding hydrogens is 278 g/mol. The van der Waals surface area contributed by atoms with Gasteiger partial charge >= 0.3 is 0 Å². The fourth-order valence-corrected chi connectivity index (χ4v) is 2.49. The van der Waals surface area contributed by atoms with Gasteiger partial charge in [-0.15, -0.1) is 5.10 Å². The van der Waals surface area contributed by atoms with Crippen LogP contribution in [-0.4, -0.2) is 39.5 Å². The van der Waals surface area contributed by atoms with Crippen molar-refractivity contribution in [1.29, 1.82) is 0 Å². The monoisotopic (exact) mass is 293 g/mol. The molecule has 1 N–H and O–H groups in total. The normalized spacial score (nSPS) is 19.6. The Morgan fingerprint density at radius 3 is 3.10 bits per heavy atom. The Balaban J connectivity index is 1.79. The summed E-state index contributed by atoms with van der Waals surface area (Å²) in [6.45, 7) is 1.64. The third kappa shape index (κ3) is 3.08. The maximum Gasteiger partial charge on any atom is 0.143 e. The minimum Gasteiger partial charge on any atom is -0.381 e. The first-order chi connectivity index (χ1) is 9.83. The highest BCUT2D eigenvalue weighted by Crippen LogP contribution is 2.26. The van der Waals surface area contributed by atoms with Crippen molar-refractivity contribution < 1.29 is 4.74 Å². The standard InChI is InChI=1S/C13H16ClN5O/c14-12-4-3-11(19-9-15-17-18-19)8-13(12)16-10-2-1-6-20-7-5-10/h3-4,8-10,16H,1-2,5-7H2. The Labute approximate surface area is 122 Å². The van der Waals surface area contributed by atoms with Crippen molar-refractivity contribution in [3.05, 3.63) is 29.5 Å². The molecule has 0 saturated carbocycles. The molecule has 2 heterocycles. The molecule has 6 nitrogen and oxygen atoms in total. The van der Waals surface area contributed by atoms with Crippen molar-refractivity contribution in [2.24, 2.45) is 0 Å². The van der Waals surface area contributed by atoms with Crippen LogP contribution in [0.2, 0.25) is 5.02 Å². The fraction of sp³-hybridized carbons (Fsp3) is 0.462. The summed E-state index contributed by atoms with van der Waals surface area (Å²) in [7, 11) is 0. The number of hydrogen-bond donors (Lipinski definition) is 1. The van der Waals surface area contributed by atoms with Gasteiger partial charge in [0.05, 0.1) is 16.4 Å². The molecular formula is C13H16ClN5O. The van der Waals surface area contributed by atoms with E-state index in [0.717, 1.165) is 43.9 Å². The summed E-state index contributed by atoms with van der Waals surface area (Å²) in [5, 5.41) is 15.4. The zero-order chi connectivity index (χ0) is 13.8. The van der Waals surface area contributed by atoms with Crippen LogP contribution < -0.4 is 5.32 Å². The van der Waals surface area contributed by atoms with Gasteiger partial charge in [-0.1, -0.05) is 11.6 Å². The maximum absolute atomic E-state index is 6.26. The molecule has 0 spiro atoms. The van der Waals surface area contributed by atoms with Gasteiger partial charge in [0.25, 0.3) is 0 Å². The Morgan fingerprint density at radius 1 is 1.30 bits per heavy atom. The second kappa shape index (κ2) is 6.19. The van der Waals surface area contributed by atoms with Gasteiger partial charge in [0.15, 0.2) is 0 Å². The van der Waals surface area contributed by atoms with E-state index < -0.39 is 0 Å². The molecule has 106 valence electrons. The number of nitrogens with one attached hydrogen (secondary N) is 1. The van der Waals surface area contributed by atoms with Crippen molar-refractivity contribution in [3.63, 3.8) is 0 Å². The van der Waals surface area contributed by atoms with E-state index in [1.54, 1.807) is 11.0 Å². The number of nitrogens with zero attached hydrogens (tertiary/aromatic N) is 4. The summed E-state index contributed by atoms with van der Waals surface area (Å²) >= 11 is 6.26. The Morgan fingerprint density at radius 2 is 2.25 bits per heavy atom. The van der Waals surface area contributed by atoms with Gasteiger partial charge in [0.2, 0.25) is 0 Å². The molecule has 0 aliphatic carbocycles. The van der Waals surface area contributed by atoms with Gasteiger partial charge in [-0.25, -0.2) is 4.68 Å². The second-order valence-electron chi connectivity index (χ2n) is 4.80. The molecule has 1 atom stereocenters. The van der Waals surface area contributed by atoms with Crippen LogP contribution in [-0.2, 0) is 4.74 Å². The van der Waals surface area contributed by atoms with E-state index in [4.69, 9.17) is 16.3 Å². The number of aromatic nitrogens is 4. The first-order valence-corrected chi connectivity index (χ1v) is 7.08. The number of anilines is 1. The Bertz CT molecular complexity index is 552. The lowest BCUT2D eigenvalue weighted by atomic mass is 10.1. The maximum atomic E-state index is 6.26. The number of tetrazole rings is 1. The largest absolute Gasteiger partial charge is 0.381 e. The molecule has 1 fully saturated rings. The lowest BCUT2D eigenvalue weighted by molar-refractivity contribution is 0.144. The lowest BCUT2D eigenvalue weighted by Crippen LogP contribution is -2.19. The number of benzene rings is 1. The molecule has 0 radical (unpaired) electrons. The van der Waals surface area contributed by atoms with Gasteiger partial charge in [0.1, 0.15) is 6.33 Å². The summed E-state index contributed by atoms with van der Waals surface area (Å²) in [4.78, 5) is 0. The van der Waals surface area contributed by atoms with Crippen LogP contribution >= 0.6 is 11.6 Å². The number of rotatable bonds is 3. The molecule has 7 heteroatoms. The number of hydrogen-bond acceptors (Lipinski definition) is 5. The van der Waals surface area contributed by atoms with Crippen LogP contribution in [0.3, 0.4) is 0 Å². The minimum absolute atomic E-state index is 0.388. The van der Waals surface area contributed by atoms with E-state index in [1.165, 1.54) is 0 Å². The third-order valence-electron chi connectivity index (χ3n) is 3.38. The summed E-state index contributed by atoms with van der Waals surface area (Å²) in [6.07, 6.45) is 4.71. The summed E-state index contributed by atoms with van der Waals surface area (Å²) in [5.74, 6) is 0. The smallest absolute Gasteiger partial charge is 0.143 e. The van der Waals surface area contributed by atoms with Crippen molar-refractivity contribution in [3.8, 4) is 5.69 Å². The SMILES string of the molecule is Clc1ccc(-n2cnnn2)cc1NC1CCCOCC1. The summed E-state index contributed by atoms with van der Waals surface area (Å²) in [6, 6.07) is 6.10. The van der Waals surface area contributed by atoms with Crippen LogP contribution in [0.4, 0.5) is 5.69 Å². The highest BCUT2D eigenvalue weighted by molar-refractivity contribution is 6.33. The lowest BCUT2D eigenvalue weighted by Gasteiger charge is -2.18. The average molecular weight is 294 g/mol. The van der Waals surface area contributed by atoms with Crippen molar-refractivity contribution >= 4 is 17.3 Å². The Kier molecular flexibility index (Phi) is 4.13. The molecule has 0 bridgehead atoms. The second-order valence-corrected chi connectivity index (χ2v) is 5.21. The van der Waals surface area contributed by atoms with Crippen LogP contribution in [0.1, 0.15) is 19.3 Å². The third-order valence-corrected chi connectivity index (χ3v) is 3.70. The van der Waals surface area contributed by atoms with Gasteiger partial charge < -0.3 is 10.1 Å². The van der Waals surface area contributed by atoms with Crippen LogP contribution in [0.5, 0.6) is 0 Å². The topological polar surface area (TPSA) is 64.9 Å². The number of halogens is 1. The van der Waals surface area contributed by atoms with Crippen LogP contribution in [0, 0.1) is 0 Å².